The quantitative estimate of drug-likeness (QED) is 0.227. The van der Waals surface area contributed by atoms with Crippen LogP contribution in [0.4, 0.5) is 0 Å². The third-order valence-electron chi connectivity index (χ3n) is 7.84. The van der Waals surface area contributed by atoms with Crippen molar-refractivity contribution in [1.29, 1.82) is 0 Å². The molecule has 0 bridgehead atoms. The van der Waals surface area contributed by atoms with Gasteiger partial charge in [0.05, 0.1) is 20.6 Å². The zero-order valence-electron chi connectivity index (χ0n) is 28.4. The normalized spacial score (nSPS) is 16.3. The molecule has 0 radical (unpaired) electrons. The van der Waals surface area contributed by atoms with Crippen molar-refractivity contribution in [3.63, 3.8) is 0 Å². The summed E-state index contributed by atoms with van der Waals surface area (Å²) in [6.07, 6.45) is 0. The fourth-order valence-electron chi connectivity index (χ4n) is 5.88. The van der Waals surface area contributed by atoms with Crippen LogP contribution >= 0.6 is 0 Å². The summed E-state index contributed by atoms with van der Waals surface area (Å²) in [5.41, 5.74) is 3.36. The molecular weight excluding hydrogens is 474 g/mol. The Morgan fingerprint density at radius 1 is 0.667 bits per heavy atom. The highest BCUT2D eigenvalue weighted by Gasteiger charge is 2.34. The average Bonchev–Trinajstić information content (AvgIpc) is 3.39. The number of aromatic nitrogens is 1. The highest BCUT2D eigenvalue weighted by Crippen LogP contribution is 2.49. The predicted octanol–water partition coefficient (Wildman–Crippen LogP) is 10.0. The van der Waals surface area contributed by atoms with Crippen LogP contribution in [0.1, 0.15) is 34.6 Å². The lowest BCUT2D eigenvalue weighted by atomic mass is 9.75. The zero-order chi connectivity index (χ0) is 32.2. The number of hydrogen-bond acceptors (Lipinski definition) is 1. The summed E-state index contributed by atoms with van der Waals surface area (Å²) in [5, 5.41) is 4.19. The van der Waals surface area contributed by atoms with Crippen molar-refractivity contribution in [2.24, 2.45) is 0 Å². The lowest BCUT2D eigenvalue weighted by molar-refractivity contribution is 0.418. The van der Waals surface area contributed by atoms with E-state index < -0.39 is 11.5 Å². The van der Waals surface area contributed by atoms with Crippen LogP contribution in [0.15, 0.2) is 127 Å². The van der Waals surface area contributed by atoms with Crippen molar-refractivity contribution in [3.8, 4) is 28.3 Å². The van der Waals surface area contributed by atoms with E-state index in [9.17, 15) is 1.37 Å². The first-order valence-electron chi connectivity index (χ1n) is 16.5. The molecule has 0 atom stereocenters. The van der Waals surface area contributed by atoms with E-state index in [2.05, 4.69) is 41.0 Å². The third kappa shape index (κ3) is 3.21. The molecule has 1 aliphatic rings. The molecule has 2 nitrogen and oxygen atoms in total. The van der Waals surface area contributed by atoms with E-state index in [1.807, 2.05) is 48.5 Å². The van der Waals surface area contributed by atoms with E-state index in [0.717, 1.165) is 38.3 Å². The maximum absolute atomic E-state index is 9.45. The van der Waals surface area contributed by atoms with E-state index in [-0.39, 0.29) is 58.9 Å². The number of benzene rings is 6. The van der Waals surface area contributed by atoms with Gasteiger partial charge in [0.2, 0.25) is 0 Å². The minimum absolute atomic E-state index is 0.00402. The smallest absolute Gasteiger partial charge is 0.131 e. The number of ether oxygens (including phenoxy) is 1. The zero-order valence-corrected chi connectivity index (χ0v) is 21.4. The molecule has 0 saturated heterocycles. The molecule has 8 rings (SSSR count). The monoisotopic (exact) mass is 508 g/mol. The van der Waals surface area contributed by atoms with Gasteiger partial charge in [0, 0.05) is 38.4 Å². The van der Waals surface area contributed by atoms with E-state index in [1.165, 1.54) is 0 Å². The Bertz CT molecular complexity index is 2450. The molecule has 0 saturated carbocycles. The first kappa shape index (κ1) is 16.2. The molecule has 39 heavy (non-hydrogen) atoms. The molecule has 0 amide bonds. The Morgan fingerprint density at radius 2 is 1.46 bits per heavy atom. The second kappa shape index (κ2) is 8.09. The van der Waals surface area contributed by atoms with Crippen molar-refractivity contribution in [2.75, 3.05) is 0 Å². The number of rotatable bonds is 2. The summed E-state index contributed by atoms with van der Waals surface area (Å²) >= 11 is 0. The van der Waals surface area contributed by atoms with Crippen LogP contribution in [-0.2, 0) is 5.41 Å². The minimum atomic E-state index is -1.11. The topological polar surface area (TPSA) is 14.2 Å². The van der Waals surface area contributed by atoms with Crippen LogP contribution in [-0.4, -0.2) is 4.57 Å². The van der Waals surface area contributed by atoms with Gasteiger partial charge in [-0.1, -0.05) is 98.7 Å². The molecule has 0 aliphatic carbocycles. The van der Waals surface area contributed by atoms with Gasteiger partial charge in [-0.2, -0.15) is 0 Å². The molecule has 2 heterocycles. The van der Waals surface area contributed by atoms with Gasteiger partial charge in [-0.15, -0.1) is 0 Å². The highest BCUT2D eigenvalue weighted by atomic mass is 16.5. The van der Waals surface area contributed by atoms with Gasteiger partial charge in [0.1, 0.15) is 11.5 Å². The van der Waals surface area contributed by atoms with Crippen LogP contribution < -0.4 is 4.74 Å². The van der Waals surface area contributed by atoms with Crippen molar-refractivity contribution in [2.45, 2.75) is 19.3 Å². The summed E-state index contributed by atoms with van der Waals surface area (Å²) in [6, 6.07) is 26.7. The average molecular weight is 509 g/mol. The summed E-state index contributed by atoms with van der Waals surface area (Å²) in [6.45, 7) is 3.56. The molecule has 1 aromatic heterocycles. The molecular formula is C37H27NO. The van der Waals surface area contributed by atoms with E-state index in [0.29, 0.717) is 11.1 Å². The Morgan fingerprint density at radius 3 is 2.36 bits per heavy atom. The van der Waals surface area contributed by atoms with Gasteiger partial charge in [0.15, 0.2) is 0 Å². The van der Waals surface area contributed by atoms with E-state index in [4.69, 9.17) is 13.0 Å². The molecule has 2 heteroatoms. The fraction of sp³-hybridized carbons (Fsp3) is 0.0811. The number of hydrogen-bond donors (Lipinski definition) is 0. The van der Waals surface area contributed by atoms with E-state index in [1.54, 1.807) is 13.8 Å². The highest BCUT2D eigenvalue weighted by molar-refractivity contribution is 6.19. The fourth-order valence-corrected chi connectivity index (χ4v) is 5.88. The van der Waals surface area contributed by atoms with Gasteiger partial charge in [-0.05, 0) is 58.9 Å². The van der Waals surface area contributed by atoms with Gasteiger partial charge >= 0.3 is 0 Å². The third-order valence-corrected chi connectivity index (χ3v) is 7.84. The van der Waals surface area contributed by atoms with Gasteiger partial charge in [0.25, 0.3) is 0 Å². The molecule has 0 spiro atoms. The summed E-state index contributed by atoms with van der Waals surface area (Å²) in [5.74, 6) is -0.0829. The van der Waals surface area contributed by atoms with Crippen LogP contribution in [0, 0.1) is 0 Å². The second-order valence-corrected chi connectivity index (χ2v) is 10.5. The molecule has 0 fully saturated rings. The Labute approximate surface area is 237 Å². The molecule has 186 valence electrons. The Kier molecular flexibility index (Phi) is 3.36. The predicted molar refractivity (Wildman–Crippen MR) is 162 cm³/mol. The lowest BCUT2D eigenvalue weighted by Gasteiger charge is -2.34. The van der Waals surface area contributed by atoms with Crippen LogP contribution in [0.3, 0.4) is 0 Å². The largest absolute Gasteiger partial charge is 0.457 e. The summed E-state index contributed by atoms with van der Waals surface area (Å²) in [4.78, 5) is 0. The number of nitrogens with zero attached hydrogens (tertiary/aromatic N) is 1. The lowest BCUT2D eigenvalue weighted by Crippen LogP contribution is -2.24. The maximum Gasteiger partial charge on any atom is 0.131 e. The van der Waals surface area contributed by atoms with Gasteiger partial charge < -0.3 is 9.30 Å². The van der Waals surface area contributed by atoms with Crippen molar-refractivity contribution >= 4 is 32.6 Å². The van der Waals surface area contributed by atoms with Gasteiger partial charge in [-0.3, -0.25) is 0 Å². The first-order valence-corrected chi connectivity index (χ1v) is 13.0. The van der Waals surface area contributed by atoms with Gasteiger partial charge in [-0.25, -0.2) is 0 Å². The van der Waals surface area contributed by atoms with Crippen LogP contribution in [0.25, 0.3) is 49.4 Å². The Hall–Kier alpha value is -4.82. The van der Waals surface area contributed by atoms with E-state index >= 15 is 0 Å². The molecule has 0 N–H and O–H groups in total. The van der Waals surface area contributed by atoms with Crippen LogP contribution in [0.5, 0.6) is 11.5 Å². The second-order valence-electron chi connectivity index (χ2n) is 10.5. The standard InChI is InChI=1S/C37H27NO/c1-37(2)31-14-8-9-15-34(31)39-35-21-18-26(23-32(35)37)25-17-20-33-30(22-25)29-19-16-24-10-6-7-13-28(24)36(29)38(33)27-11-4-3-5-12-27/h3-23H,1-2H3/i8D,9D,14D,15D,18D,21D,23D. The molecule has 0 unspecified atom stereocenters. The van der Waals surface area contributed by atoms with Crippen molar-refractivity contribution in [1.82, 2.24) is 4.57 Å². The maximum atomic E-state index is 9.45. The van der Waals surface area contributed by atoms with Crippen LogP contribution in [0.2, 0.25) is 0 Å². The Balaban J connectivity index is 1.42. The minimum Gasteiger partial charge on any atom is -0.457 e. The SMILES string of the molecule is [2H]c1c([2H])c([2H])c2c(c1[2H])Oc1c([2H])c([2H])c(-c3ccc4c(c3)c3ccc5ccccc5c3n4-c3ccccc3)c([2H])c1C2(C)C. The molecule has 1 aliphatic heterocycles. The van der Waals surface area contributed by atoms with Crippen molar-refractivity contribution < 1.29 is 14.3 Å². The summed E-state index contributed by atoms with van der Waals surface area (Å²) < 4.78 is 69.4. The molecule has 6 aromatic carbocycles. The first-order chi connectivity index (χ1) is 22.0. The summed E-state index contributed by atoms with van der Waals surface area (Å²) in [7, 11) is 0. The molecule has 7 aromatic rings. The number of para-hydroxylation sites is 2. The van der Waals surface area contributed by atoms with Crippen molar-refractivity contribution in [3.05, 3.63) is 138 Å². The number of fused-ring (bicyclic) bond motifs is 7.